The predicted molar refractivity (Wildman–Crippen MR) is 94.8 cm³/mol. The van der Waals surface area contributed by atoms with Gasteiger partial charge in [0, 0.05) is 29.2 Å². The number of aromatic nitrogens is 1. The summed E-state index contributed by atoms with van der Waals surface area (Å²) in [7, 11) is 1.99. The van der Waals surface area contributed by atoms with Gasteiger partial charge in [-0.25, -0.2) is 5.43 Å². The average Bonchev–Trinajstić information content (AvgIpc) is 2.87. The zero-order valence-electron chi connectivity index (χ0n) is 13.6. The molecule has 1 heterocycles. The Labute approximate surface area is 140 Å². The van der Waals surface area contributed by atoms with Crippen molar-refractivity contribution in [3.8, 4) is 0 Å². The van der Waals surface area contributed by atoms with Crippen molar-refractivity contribution in [2.24, 2.45) is 12.1 Å². The third-order valence-electron chi connectivity index (χ3n) is 4.18. The van der Waals surface area contributed by atoms with Gasteiger partial charge in [0.2, 0.25) is 0 Å². The Balaban J connectivity index is 1.78. The monoisotopic (exact) mass is 321 g/mol. The van der Waals surface area contributed by atoms with E-state index in [9.17, 15) is 9.90 Å². The van der Waals surface area contributed by atoms with Crippen molar-refractivity contribution in [1.82, 2.24) is 9.99 Å². The van der Waals surface area contributed by atoms with Crippen molar-refractivity contribution >= 4 is 23.0 Å². The van der Waals surface area contributed by atoms with Crippen molar-refractivity contribution in [3.05, 3.63) is 71.4 Å². The van der Waals surface area contributed by atoms with Crippen LogP contribution in [0.3, 0.4) is 0 Å². The van der Waals surface area contributed by atoms with Gasteiger partial charge >= 0.3 is 0 Å². The molecule has 0 aliphatic heterocycles. The number of nitrogens with zero attached hydrogens (tertiary/aromatic N) is 2. The molecule has 1 atom stereocenters. The SMILES string of the molecule is Cc1c(/C=N\NC(=O)[C@H](O)c2ccccc2)c2ccccc2n1C. The summed E-state index contributed by atoms with van der Waals surface area (Å²) < 4.78 is 2.08. The molecule has 0 unspecified atom stereocenters. The number of carbonyl (C=O) groups excluding carboxylic acids is 1. The van der Waals surface area contributed by atoms with Crippen LogP contribution < -0.4 is 5.43 Å². The summed E-state index contributed by atoms with van der Waals surface area (Å²) in [6.45, 7) is 2.00. The maximum absolute atomic E-state index is 12.0. The van der Waals surface area contributed by atoms with E-state index in [1.54, 1.807) is 30.5 Å². The molecule has 0 bridgehead atoms. The van der Waals surface area contributed by atoms with Gasteiger partial charge in [-0.15, -0.1) is 0 Å². The number of hydrazone groups is 1. The number of hydrogen-bond acceptors (Lipinski definition) is 3. The molecule has 24 heavy (non-hydrogen) atoms. The minimum absolute atomic E-state index is 0.534. The fourth-order valence-corrected chi connectivity index (χ4v) is 2.72. The Bertz CT molecular complexity index is 898. The first-order chi connectivity index (χ1) is 11.6. The van der Waals surface area contributed by atoms with Crippen LogP contribution in [0.15, 0.2) is 59.7 Å². The molecule has 5 nitrogen and oxygen atoms in total. The van der Waals surface area contributed by atoms with Gasteiger partial charge in [-0.1, -0.05) is 48.5 Å². The Morgan fingerprint density at radius 3 is 2.58 bits per heavy atom. The highest BCUT2D eigenvalue weighted by Crippen LogP contribution is 2.23. The Hall–Kier alpha value is -2.92. The number of aliphatic hydroxyl groups excluding tert-OH is 1. The molecule has 0 saturated carbocycles. The smallest absolute Gasteiger partial charge is 0.273 e. The number of amides is 1. The lowest BCUT2D eigenvalue weighted by Crippen LogP contribution is -2.25. The fraction of sp³-hybridized carbons (Fsp3) is 0.158. The average molecular weight is 321 g/mol. The van der Waals surface area contributed by atoms with Crippen LogP contribution in [0.25, 0.3) is 10.9 Å². The van der Waals surface area contributed by atoms with Gasteiger partial charge in [0.1, 0.15) is 0 Å². The third kappa shape index (κ3) is 2.94. The second kappa shape index (κ2) is 6.68. The highest BCUT2D eigenvalue weighted by molar-refractivity contribution is 6.01. The minimum atomic E-state index is -1.24. The maximum Gasteiger partial charge on any atom is 0.273 e. The van der Waals surface area contributed by atoms with E-state index in [0.29, 0.717) is 5.56 Å². The van der Waals surface area contributed by atoms with Gasteiger partial charge < -0.3 is 9.67 Å². The number of aryl methyl sites for hydroxylation is 1. The second-order valence-electron chi connectivity index (χ2n) is 5.62. The van der Waals surface area contributed by atoms with Gasteiger partial charge in [-0.05, 0) is 18.6 Å². The summed E-state index contributed by atoms with van der Waals surface area (Å²) >= 11 is 0. The van der Waals surface area contributed by atoms with Gasteiger partial charge in [-0.3, -0.25) is 4.79 Å². The number of fused-ring (bicyclic) bond motifs is 1. The molecule has 2 N–H and O–H groups in total. The molecular formula is C19H19N3O2. The normalized spacial score (nSPS) is 12.6. The number of hydrogen-bond donors (Lipinski definition) is 2. The molecule has 0 spiro atoms. The molecule has 0 aliphatic rings. The molecule has 0 saturated heterocycles. The first-order valence-electron chi connectivity index (χ1n) is 7.69. The molecule has 5 heteroatoms. The summed E-state index contributed by atoms with van der Waals surface area (Å²) in [6, 6.07) is 16.8. The van der Waals surface area contributed by atoms with Crippen molar-refractivity contribution in [1.29, 1.82) is 0 Å². The van der Waals surface area contributed by atoms with E-state index < -0.39 is 12.0 Å². The molecule has 3 rings (SSSR count). The fourth-order valence-electron chi connectivity index (χ4n) is 2.72. The van der Waals surface area contributed by atoms with Crippen LogP contribution in [0.2, 0.25) is 0 Å². The molecule has 3 aromatic rings. The number of nitrogens with one attached hydrogen (secondary N) is 1. The van der Waals surface area contributed by atoms with E-state index in [1.165, 1.54) is 0 Å². The van der Waals surface area contributed by atoms with E-state index in [1.807, 2.05) is 44.3 Å². The summed E-state index contributed by atoms with van der Waals surface area (Å²) in [5.41, 5.74) is 6.04. The Morgan fingerprint density at radius 2 is 1.83 bits per heavy atom. The van der Waals surface area contributed by atoms with Crippen LogP contribution >= 0.6 is 0 Å². The molecule has 0 aliphatic carbocycles. The highest BCUT2D eigenvalue weighted by Gasteiger charge is 2.16. The van der Waals surface area contributed by atoms with Gasteiger partial charge in [-0.2, -0.15) is 5.10 Å². The first-order valence-corrected chi connectivity index (χ1v) is 7.69. The quantitative estimate of drug-likeness (QED) is 0.573. The van der Waals surface area contributed by atoms with Crippen LogP contribution in [0.5, 0.6) is 0 Å². The number of para-hydroxylation sites is 1. The lowest BCUT2D eigenvalue weighted by molar-refractivity contribution is -0.129. The van der Waals surface area contributed by atoms with E-state index in [4.69, 9.17) is 0 Å². The lowest BCUT2D eigenvalue weighted by Gasteiger charge is -2.08. The van der Waals surface area contributed by atoms with E-state index >= 15 is 0 Å². The highest BCUT2D eigenvalue weighted by atomic mass is 16.3. The van der Waals surface area contributed by atoms with Crippen molar-refractivity contribution < 1.29 is 9.90 Å². The number of carbonyl (C=O) groups is 1. The van der Waals surface area contributed by atoms with Crippen LogP contribution in [0.4, 0.5) is 0 Å². The van der Waals surface area contributed by atoms with Crippen LogP contribution in [0.1, 0.15) is 22.9 Å². The predicted octanol–water partition coefficient (Wildman–Crippen LogP) is 2.67. The number of rotatable bonds is 4. The summed E-state index contributed by atoms with van der Waals surface area (Å²) in [5, 5.41) is 15.1. The topological polar surface area (TPSA) is 66.6 Å². The van der Waals surface area contributed by atoms with Gasteiger partial charge in [0.15, 0.2) is 6.10 Å². The minimum Gasteiger partial charge on any atom is -0.378 e. The molecule has 0 fully saturated rings. The Morgan fingerprint density at radius 1 is 1.17 bits per heavy atom. The van der Waals surface area contributed by atoms with Crippen molar-refractivity contribution in [3.63, 3.8) is 0 Å². The van der Waals surface area contributed by atoms with E-state index in [-0.39, 0.29) is 0 Å². The van der Waals surface area contributed by atoms with Crippen molar-refractivity contribution in [2.75, 3.05) is 0 Å². The molecule has 1 aromatic heterocycles. The second-order valence-corrected chi connectivity index (χ2v) is 5.62. The summed E-state index contributed by atoms with van der Waals surface area (Å²) in [5.74, 6) is -0.560. The number of aliphatic hydroxyl groups is 1. The van der Waals surface area contributed by atoms with Crippen LogP contribution in [-0.4, -0.2) is 21.8 Å². The van der Waals surface area contributed by atoms with Crippen LogP contribution in [-0.2, 0) is 11.8 Å². The zero-order chi connectivity index (χ0) is 17.1. The first kappa shape index (κ1) is 16.0. The maximum atomic E-state index is 12.0. The number of benzene rings is 2. The molecule has 2 aromatic carbocycles. The van der Waals surface area contributed by atoms with Crippen molar-refractivity contribution in [2.45, 2.75) is 13.0 Å². The summed E-state index contributed by atoms with van der Waals surface area (Å²) in [4.78, 5) is 12.0. The van der Waals surface area contributed by atoms with E-state index in [0.717, 1.165) is 22.2 Å². The van der Waals surface area contributed by atoms with Gasteiger partial charge in [0.05, 0.1) is 6.21 Å². The zero-order valence-corrected chi connectivity index (χ0v) is 13.6. The largest absolute Gasteiger partial charge is 0.378 e. The molecule has 122 valence electrons. The third-order valence-corrected chi connectivity index (χ3v) is 4.18. The van der Waals surface area contributed by atoms with E-state index in [2.05, 4.69) is 15.1 Å². The summed E-state index contributed by atoms with van der Waals surface area (Å²) in [6.07, 6.45) is 0.379. The molecule has 1 amide bonds. The standard InChI is InChI=1S/C19H19N3O2/c1-13-16(15-10-6-7-11-17(15)22(13)2)12-20-21-19(24)18(23)14-8-4-3-5-9-14/h3-12,18,23H,1-2H3,(H,21,24)/b20-12-/t18-/m1/s1. The molecular weight excluding hydrogens is 302 g/mol. The Kier molecular flexibility index (Phi) is 4.44. The lowest BCUT2D eigenvalue weighted by atomic mass is 10.1. The van der Waals surface area contributed by atoms with Crippen LogP contribution in [0, 0.1) is 6.92 Å². The molecule has 0 radical (unpaired) electrons. The van der Waals surface area contributed by atoms with Gasteiger partial charge in [0.25, 0.3) is 5.91 Å².